The molecule has 3 aromatic heterocycles. The van der Waals surface area contributed by atoms with Gasteiger partial charge in [-0.25, -0.2) is 4.98 Å². The Morgan fingerprint density at radius 1 is 1.27 bits per heavy atom. The lowest BCUT2D eigenvalue weighted by Gasteiger charge is -1.98. The van der Waals surface area contributed by atoms with Crippen LogP contribution in [-0.4, -0.2) is 19.6 Å². The van der Waals surface area contributed by atoms with Gasteiger partial charge in [0.1, 0.15) is 5.65 Å². The van der Waals surface area contributed by atoms with Crippen LogP contribution in [0.3, 0.4) is 0 Å². The summed E-state index contributed by atoms with van der Waals surface area (Å²) in [5.41, 5.74) is 4.03. The topological polar surface area (TPSA) is 46.0 Å². The van der Waals surface area contributed by atoms with Gasteiger partial charge in [-0.1, -0.05) is 6.07 Å². The lowest BCUT2D eigenvalue weighted by molar-refractivity contribution is 1.07. The molecular weight excluding hydrogens is 188 g/mol. The molecule has 0 aliphatic rings. The summed E-state index contributed by atoms with van der Waals surface area (Å²) in [6, 6.07) is 7.92. The second-order valence-corrected chi connectivity index (χ2v) is 3.44. The number of aryl methyl sites for hydroxylation is 1. The molecule has 3 aromatic rings. The van der Waals surface area contributed by atoms with Gasteiger partial charge >= 0.3 is 0 Å². The van der Waals surface area contributed by atoms with Crippen LogP contribution < -0.4 is 0 Å². The third kappa shape index (κ3) is 1.15. The summed E-state index contributed by atoms with van der Waals surface area (Å²) in [6.45, 7) is 2.00. The average molecular weight is 198 g/mol. The Morgan fingerprint density at radius 2 is 2.20 bits per heavy atom. The molecule has 0 unspecified atom stereocenters. The van der Waals surface area contributed by atoms with Gasteiger partial charge in [-0.15, -0.1) is 0 Å². The van der Waals surface area contributed by atoms with Gasteiger partial charge in [0, 0.05) is 12.4 Å². The average Bonchev–Trinajstić information content (AvgIpc) is 2.82. The molecule has 3 rings (SSSR count). The van der Waals surface area contributed by atoms with Crippen LogP contribution in [0.4, 0.5) is 0 Å². The molecule has 0 aliphatic carbocycles. The van der Waals surface area contributed by atoms with E-state index in [-0.39, 0.29) is 0 Å². The Kier molecular flexibility index (Phi) is 1.62. The first kappa shape index (κ1) is 8.23. The van der Waals surface area contributed by atoms with E-state index in [1.807, 2.05) is 37.4 Å². The molecule has 0 atom stereocenters. The second-order valence-electron chi connectivity index (χ2n) is 3.44. The van der Waals surface area contributed by atoms with E-state index in [0.717, 1.165) is 22.7 Å². The predicted molar refractivity (Wildman–Crippen MR) is 57.5 cm³/mol. The molecule has 3 heterocycles. The Bertz CT molecular complexity index is 592. The maximum atomic E-state index is 4.48. The van der Waals surface area contributed by atoms with Crippen molar-refractivity contribution in [1.29, 1.82) is 0 Å². The molecule has 0 bridgehead atoms. The van der Waals surface area contributed by atoms with Gasteiger partial charge in [0.25, 0.3) is 0 Å². The van der Waals surface area contributed by atoms with Gasteiger partial charge in [-0.2, -0.15) is 5.10 Å². The molecule has 0 radical (unpaired) electrons. The largest absolute Gasteiger partial charge is 0.298 e. The minimum atomic E-state index is 0.958. The Hall–Kier alpha value is -2.10. The highest BCUT2D eigenvalue weighted by Crippen LogP contribution is 2.21. The number of fused-ring (bicyclic) bond motifs is 1. The second kappa shape index (κ2) is 2.95. The van der Waals surface area contributed by atoms with Crippen molar-refractivity contribution in [2.24, 2.45) is 0 Å². The van der Waals surface area contributed by atoms with Crippen molar-refractivity contribution in [3.63, 3.8) is 0 Å². The van der Waals surface area contributed by atoms with Crippen LogP contribution >= 0.6 is 0 Å². The van der Waals surface area contributed by atoms with Crippen molar-refractivity contribution >= 4 is 5.65 Å². The fourth-order valence-corrected chi connectivity index (χ4v) is 1.83. The van der Waals surface area contributed by atoms with Crippen LogP contribution in [0, 0.1) is 6.92 Å². The first-order valence-corrected chi connectivity index (χ1v) is 4.80. The Morgan fingerprint density at radius 3 is 3.00 bits per heavy atom. The summed E-state index contributed by atoms with van der Waals surface area (Å²) >= 11 is 0. The Balaban J connectivity index is 2.39. The van der Waals surface area contributed by atoms with E-state index in [2.05, 4.69) is 19.6 Å². The quantitative estimate of drug-likeness (QED) is 0.650. The lowest BCUT2D eigenvalue weighted by Crippen LogP contribution is -1.88. The summed E-state index contributed by atoms with van der Waals surface area (Å²) in [7, 11) is 0. The van der Waals surface area contributed by atoms with E-state index in [0.29, 0.717) is 0 Å². The lowest BCUT2D eigenvalue weighted by atomic mass is 10.2. The van der Waals surface area contributed by atoms with E-state index in [1.165, 1.54) is 0 Å². The third-order valence-corrected chi connectivity index (χ3v) is 2.46. The van der Waals surface area contributed by atoms with E-state index in [4.69, 9.17) is 0 Å². The molecule has 4 nitrogen and oxygen atoms in total. The smallest absolute Gasteiger partial charge is 0.137 e. The Labute approximate surface area is 86.6 Å². The number of aromatic amines is 1. The molecular formula is C11H10N4. The van der Waals surface area contributed by atoms with Gasteiger partial charge in [-0.3, -0.25) is 9.50 Å². The van der Waals surface area contributed by atoms with Gasteiger partial charge in [0.2, 0.25) is 0 Å². The number of rotatable bonds is 1. The van der Waals surface area contributed by atoms with Crippen molar-refractivity contribution in [3.05, 3.63) is 42.4 Å². The molecule has 74 valence electrons. The minimum Gasteiger partial charge on any atom is -0.298 e. The molecule has 0 fully saturated rings. The molecule has 0 saturated heterocycles. The maximum Gasteiger partial charge on any atom is 0.137 e. The zero-order chi connectivity index (χ0) is 10.3. The van der Waals surface area contributed by atoms with Crippen LogP contribution in [0.1, 0.15) is 5.69 Å². The highest BCUT2D eigenvalue weighted by atomic mass is 15.1. The minimum absolute atomic E-state index is 0.958. The molecule has 0 aromatic carbocycles. The van der Waals surface area contributed by atoms with E-state index in [9.17, 15) is 0 Å². The summed E-state index contributed by atoms with van der Waals surface area (Å²) in [4.78, 5) is 4.48. The number of pyridine rings is 1. The van der Waals surface area contributed by atoms with Crippen LogP contribution in [0.25, 0.3) is 17.0 Å². The number of aromatic nitrogens is 4. The van der Waals surface area contributed by atoms with Gasteiger partial charge in [-0.05, 0) is 25.1 Å². The zero-order valence-electron chi connectivity index (χ0n) is 8.31. The fraction of sp³-hybridized carbons (Fsp3) is 0.0909. The molecule has 0 aliphatic heterocycles. The first-order valence-electron chi connectivity index (χ1n) is 4.80. The normalized spacial score (nSPS) is 11.0. The predicted octanol–water partition coefficient (Wildman–Crippen LogP) is 2.03. The van der Waals surface area contributed by atoms with E-state index >= 15 is 0 Å². The number of hydrogen-bond donors (Lipinski definition) is 1. The number of H-pyrrole nitrogens is 1. The SMILES string of the molecule is Cc1nc2ccccn2c1-c1ccn[nH]1. The molecule has 15 heavy (non-hydrogen) atoms. The molecule has 0 saturated carbocycles. The zero-order valence-corrected chi connectivity index (χ0v) is 8.31. The van der Waals surface area contributed by atoms with Gasteiger partial charge in [0.05, 0.1) is 17.1 Å². The summed E-state index contributed by atoms with van der Waals surface area (Å²) in [5.74, 6) is 0. The molecule has 0 amide bonds. The highest BCUT2D eigenvalue weighted by molar-refractivity contribution is 5.63. The van der Waals surface area contributed by atoms with Crippen molar-refractivity contribution in [2.45, 2.75) is 6.92 Å². The van der Waals surface area contributed by atoms with Crippen molar-refractivity contribution < 1.29 is 0 Å². The van der Waals surface area contributed by atoms with Crippen LogP contribution in [0.5, 0.6) is 0 Å². The standard InChI is InChI=1S/C11H10N4/c1-8-11(9-5-6-12-14-9)15-7-3-2-4-10(15)13-8/h2-7H,1H3,(H,12,14). The number of hydrogen-bond acceptors (Lipinski definition) is 2. The van der Waals surface area contributed by atoms with Crippen molar-refractivity contribution in [3.8, 4) is 11.4 Å². The van der Waals surface area contributed by atoms with Crippen LogP contribution in [-0.2, 0) is 0 Å². The fourth-order valence-electron chi connectivity index (χ4n) is 1.83. The summed E-state index contributed by atoms with van der Waals surface area (Å²) in [5, 5.41) is 6.92. The van der Waals surface area contributed by atoms with E-state index in [1.54, 1.807) is 6.20 Å². The summed E-state index contributed by atoms with van der Waals surface area (Å²) < 4.78 is 2.06. The van der Waals surface area contributed by atoms with Crippen molar-refractivity contribution in [1.82, 2.24) is 19.6 Å². The highest BCUT2D eigenvalue weighted by Gasteiger charge is 2.10. The molecule has 0 spiro atoms. The van der Waals surface area contributed by atoms with Gasteiger partial charge < -0.3 is 0 Å². The molecule has 1 N–H and O–H groups in total. The van der Waals surface area contributed by atoms with Crippen LogP contribution in [0.15, 0.2) is 36.7 Å². The third-order valence-electron chi connectivity index (χ3n) is 2.46. The first-order chi connectivity index (χ1) is 7.36. The van der Waals surface area contributed by atoms with Crippen molar-refractivity contribution in [2.75, 3.05) is 0 Å². The van der Waals surface area contributed by atoms with E-state index < -0.39 is 0 Å². The van der Waals surface area contributed by atoms with Crippen LogP contribution in [0.2, 0.25) is 0 Å². The monoisotopic (exact) mass is 198 g/mol. The van der Waals surface area contributed by atoms with Gasteiger partial charge in [0.15, 0.2) is 0 Å². The number of nitrogens with zero attached hydrogens (tertiary/aromatic N) is 3. The summed E-state index contributed by atoms with van der Waals surface area (Å²) in [6.07, 6.45) is 3.75. The number of imidazole rings is 1. The number of nitrogens with one attached hydrogen (secondary N) is 1. The maximum absolute atomic E-state index is 4.48. The molecule has 4 heteroatoms.